The number of hydrogen-bond donors (Lipinski definition) is 0. The lowest BCUT2D eigenvalue weighted by atomic mass is 10.1. The molecule has 1 fully saturated rings. The molecule has 2 rings (SSSR count). The van der Waals surface area contributed by atoms with Crippen LogP contribution in [-0.2, 0) is 21.1 Å². The van der Waals surface area contributed by atoms with Gasteiger partial charge in [0, 0.05) is 24.9 Å². The predicted octanol–water partition coefficient (Wildman–Crippen LogP) is 0.479. The second kappa shape index (κ2) is 4.96. The molecule has 1 unspecified atom stereocenters. The third-order valence-corrected chi connectivity index (χ3v) is 5.21. The zero-order chi connectivity index (χ0) is 14.2. The van der Waals surface area contributed by atoms with E-state index in [1.807, 2.05) is 0 Å². The van der Waals surface area contributed by atoms with Gasteiger partial charge in [-0.3, -0.25) is 4.79 Å². The van der Waals surface area contributed by atoms with Crippen molar-refractivity contribution in [1.82, 2.24) is 10.1 Å². The molecular formula is C12H18N2O4S. The van der Waals surface area contributed by atoms with E-state index in [0.29, 0.717) is 31.0 Å². The summed E-state index contributed by atoms with van der Waals surface area (Å²) < 4.78 is 27.9. The van der Waals surface area contributed by atoms with Crippen LogP contribution in [0.2, 0.25) is 0 Å². The van der Waals surface area contributed by atoms with Gasteiger partial charge in [0.25, 0.3) is 0 Å². The lowest BCUT2D eigenvalue weighted by Gasteiger charge is -2.16. The third-order valence-electron chi connectivity index (χ3n) is 3.61. The molecule has 6 nitrogen and oxygen atoms in total. The summed E-state index contributed by atoms with van der Waals surface area (Å²) in [6, 6.07) is 0. The first kappa shape index (κ1) is 14.0. The number of aromatic nitrogens is 1. The second-order valence-electron chi connectivity index (χ2n) is 5.06. The van der Waals surface area contributed by atoms with E-state index in [2.05, 4.69) is 5.16 Å². The molecule has 0 spiro atoms. The second-order valence-corrected chi connectivity index (χ2v) is 7.39. The smallest absolute Gasteiger partial charge is 0.227 e. The summed E-state index contributed by atoms with van der Waals surface area (Å²) >= 11 is 0. The van der Waals surface area contributed by atoms with Crippen LogP contribution in [0.4, 0.5) is 0 Å². The van der Waals surface area contributed by atoms with E-state index in [1.54, 1.807) is 18.7 Å². The lowest BCUT2D eigenvalue weighted by Crippen LogP contribution is -2.32. The standard InChI is InChI=1S/C12H18N2O4S/c1-8-11(9(2)18-13-8)6-12(15)14-5-4-10(7-14)19(3,16)17/h10H,4-7H2,1-3H3. The molecule has 0 aliphatic carbocycles. The Labute approximate surface area is 112 Å². The van der Waals surface area contributed by atoms with E-state index in [0.717, 1.165) is 5.56 Å². The highest BCUT2D eigenvalue weighted by molar-refractivity contribution is 7.91. The van der Waals surface area contributed by atoms with E-state index in [-0.39, 0.29) is 12.3 Å². The molecule has 0 aromatic carbocycles. The number of rotatable bonds is 3. The molecule has 7 heteroatoms. The number of carbonyl (C=O) groups is 1. The van der Waals surface area contributed by atoms with Gasteiger partial charge in [0.05, 0.1) is 17.4 Å². The summed E-state index contributed by atoms with van der Waals surface area (Å²) in [5.74, 6) is 0.574. The maximum absolute atomic E-state index is 12.2. The van der Waals surface area contributed by atoms with Crippen molar-refractivity contribution in [3.63, 3.8) is 0 Å². The van der Waals surface area contributed by atoms with Crippen LogP contribution in [0, 0.1) is 13.8 Å². The topological polar surface area (TPSA) is 80.5 Å². The average Bonchev–Trinajstić information content (AvgIpc) is 2.90. The molecular weight excluding hydrogens is 268 g/mol. The molecule has 1 atom stereocenters. The Morgan fingerprint density at radius 1 is 1.47 bits per heavy atom. The molecule has 2 heterocycles. The number of aryl methyl sites for hydroxylation is 2. The molecule has 19 heavy (non-hydrogen) atoms. The normalized spacial score (nSPS) is 19.9. The first-order valence-corrected chi connectivity index (χ1v) is 8.13. The minimum absolute atomic E-state index is 0.0689. The van der Waals surface area contributed by atoms with Gasteiger partial charge in [-0.05, 0) is 20.3 Å². The average molecular weight is 286 g/mol. The van der Waals surface area contributed by atoms with Crippen molar-refractivity contribution in [2.24, 2.45) is 0 Å². The van der Waals surface area contributed by atoms with Crippen LogP contribution in [0.1, 0.15) is 23.4 Å². The van der Waals surface area contributed by atoms with Gasteiger partial charge in [0.2, 0.25) is 5.91 Å². The van der Waals surface area contributed by atoms with Crippen molar-refractivity contribution in [3.8, 4) is 0 Å². The van der Waals surface area contributed by atoms with Crippen LogP contribution < -0.4 is 0 Å². The molecule has 1 aromatic heterocycles. The fraction of sp³-hybridized carbons (Fsp3) is 0.667. The van der Waals surface area contributed by atoms with Gasteiger partial charge in [-0.15, -0.1) is 0 Å². The SMILES string of the molecule is Cc1noc(C)c1CC(=O)N1CCC(S(C)(=O)=O)C1. The van der Waals surface area contributed by atoms with Crippen molar-refractivity contribution >= 4 is 15.7 Å². The van der Waals surface area contributed by atoms with Crippen LogP contribution in [0.15, 0.2) is 4.52 Å². The van der Waals surface area contributed by atoms with Crippen LogP contribution in [0.3, 0.4) is 0 Å². The van der Waals surface area contributed by atoms with E-state index in [9.17, 15) is 13.2 Å². The van der Waals surface area contributed by atoms with Gasteiger partial charge in [-0.25, -0.2) is 8.42 Å². The van der Waals surface area contributed by atoms with Crippen molar-refractivity contribution in [2.75, 3.05) is 19.3 Å². The molecule has 1 amide bonds. The molecule has 1 aliphatic rings. The van der Waals surface area contributed by atoms with Gasteiger partial charge >= 0.3 is 0 Å². The first-order valence-electron chi connectivity index (χ1n) is 6.17. The van der Waals surface area contributed by atoms with Crippen LogP contribution >= 0.6 is 0 Å². The third kappa shape index (κ3) is 2.97. The maximum Gasteiger partial charge on any atom is 0.227 e. The largest absolute Gasteiger partial charge is 0.361 e. The summed E-state index contributed by atoms with van der Waals surface area (Å²) in [4.78, 5) is 13.8. The first-order chi connectivity index (χ1) is 8.79. The van der Waals surface area contributed by atoms with Crippen molar-refractivity contribution in [3.05, 3.63) is 17.0 Å². The monoisotopic (exact) mass is 286 g/mol. The van der Waals surface area contributed by atoms with Crippen molar-refractivity contribution in [1.29, 1.82) is 0 Å². The number of amides is 1. The summed E-state index contributed by atoms with van der Waals surface area (Å²) in [7, 11) is -3.07. The number of nitrogens with zero attached hydrogens (tertiary/aromatic N) is 2. The number of sulfone groups is 1. The van der Waals surface area contributed by atoms with Gasteiger partial charge in [-0.2, -0.15) is 0 Å². The Morgan fingerprint density at radius 3 is 2.63 bits per heavy atom. The summed E-state index contributed by atoms with van der Waals surface area (Å²) in [5, 5.41) is 3.38. The van der Waals surface area contributed by atoms with E-state index in [4.69, 9.17) is 4.52 Å². The van der Waals surface area contributed by atoms with E-state index >= 15 is 0 Å². The minimum Gasteiger partial charge on any atom is -0.361 e. The van der Waals surface area contributed by atoms with E-state index in [1.165, 1.54) is 6.26 Å². The molecule has 1 aliphatic heterocycles. The predicted molar refractivity (Wildman–Crippen MR) is 69.5 cm³/mol. The van der Waals surface area contributed by atoms with Crippen LogP contribution in [0.5, 0.6) is 0 Å². The fourth-order valence-corrected chi connectivity index (χ4v) is 3.31. The maximum atomic E-state index is 12.2. The molecule has 0 saturated carbocycles. The Balaban J connectivity index is 2.03. The van der Waals surface area contributed by atoms with Crippen molar-refractivity contribution < 1.29 is 17.7 Å². The summed E-state index contributed by atoms with van der Waals surface area (Å²) in [6.45, 7) is 4.36. The fourth-order valence-electron chi connectivity index (χ4n) is 2.32. The summed E-state index contributed by atoms with van der Waals surface area (Å²) in [6.07, 6.45) is 1.96. The Hall–Kier alpha value is -1.37. The zero-order valence-corrected chi connectivity index (χ0v) is 12.2. The highest BCUT2D eigenvalue weighted by Crippen LogP contribution is 2.19. The van der Waals surface area contributed by atoms with Gasteiger partial charge in [0.1, 0.15) is 5.76 Å². The number of hydrogen-bond acceptors (Lipinski definition) is 5. The molecule has 106 valence electrons. The minimum atomic E-state index is -3.07. The zero-order valence-electron chi connectivity index (χ0n) is 11.3. The van der Waals surface area contributed by atoms with Crippen LogP contribution in [0.25, 0.3) is 0 Å². The Bertz CT molecular complexity index is 571. The molecule has 1 saturated heterocycles. The van der Waals surface area contributed by atoms with Crippen molar-refractivity contribution in [2.45, 2.75) is 31.9 Å². The Kier molecular flexibility index (Phi) is 3.66. The van der Waals surface area contributed by atoms with E-state index < -0.39 is 15.1 Å². The Morgan fingerprint density at radius 2 is 2.16 bits per heavy atom. The molecule has 0 N–H and O–H groups in total. The van der Waals surface area contributed by atoms with Crippen LogP contribution in [-0.4, -0.2) is 49.0 Å². The number of likely N-dealkylation sites (tertiary alicyclic amines) is 1. The van der Waals surface area contributed by atoms with Gasteiger partial charge in [0.15, 0.2) is 9.84 Å². The highest BCUT2D eigenvalue weighted by atomic mass is 32.2. The summed E-state index contributed by atoms with van der Waals surface area (Å²) in [5.41, 5.74) is 1.51. The molecule has 0 bridgehead atoms. The quantitative estimate of drug-likeness (QED) is 0.807. The lowest BCUT2D eigenvalue weighted by molar-refractivity contribution is -0.129. The van der Waals surface area contributed by atoms with Gasteiger partial charge in [-0.1, -0.05) is 5.16 Å². The molecule has 1 aromatic rings. The highest BCUT2D eigenvalue weighted by Gasteiger charge is 2.32. The molecule has 0 radical (unpaired) electrons. The van der Waals surface area contributed by atoms with Gasteiger partial charge < -0.3 is 9.42 Å². The number of carbonyl (C=O) groups excluding carboxylic acids is 1.